The SMILES string of the molecule is Cc1ccc([N+](=O)[O-])c(C(=O)NCCN2CCNCC2)c1. The van der Waals surface area contributed by atoms with Gasteiger partial charge in [-0.15, -0.1) is 0 Å². The summed E-state index contributed by atoms with van der Waals surface area (Å²) in [5, 5.41) is 17.0. The molecule has 0 radical (unpaired) electrons. The highest BCUT2D eigenvalue weighted by molar-refractivity contribution is 5.98. The van der Waals surface area contributed by atoms with Crippen LogP contribution in [-0.2, 0) is 0 Å². The third-order valence-corrected chi connectivity index (χ3v) is 3.52. The molecule has 1 saturated heterocycles. The molecule has 0 aliphatic carbocycles. The number of carbonyl (C=O) groups excluding carboxylic acids is 1. The van der Waals surface area contributed by atoms with Gasteiger partial charge in [0.1, 0.15) is 5.56 Å². The summed E-state index contributed by atoms with van der Waals surface area (Å²) in [4.78, 5) is 24.8. The van der Waals surface area contributed by atoms with Crippen LogP contribution in [0.3, 0.4) is 0 Å². The first kappa shape index (κ1) is 15.4. The maximum absolute atomic E-state index is 12.1. The molecule has 1 amide bonds. The van der Waals surface area contributed by atoms with Crippen LogP contribution in [0.25, 0.3) is 0 Å². The number of nitrogens with zero attached hydrogens (tertiary/aromatic N) is 2. The minimum Gasteiger partial charge on any atom is -0.351 e. The lowest BCUT2D eigenvalue weighted by molar-refractivity contribution is -0.385. The van der Waals surface area contributed by atoms with Gasteiger partial charge in [-0.3, -0.25) is 19.8 Å². The van der Waals surface area contributed by atoms with Gasteiger partial charge in [0.2, 0.25) is 0 Å². The Hall–Kier alpha value is -1.99. The highest BCUT2D eigenvalue weighted by Crippen LogP contribution is 2.19. The molecule has 2 N–H and O–H groups in total. The number of amides is 1. The molecule has 1 aromatic carbocycles. The standard InChI is InChI=1S/C14H20N4O3/c1-11-2-3-13(18(20)21)12(10-11)14(19)16-6-9-17-7-4-15-5-8-17/h2-3,10,15H,4-9H2,1H3,(H,16,19). The summed E-state index contributed by atoms with van der Waals surface area (Å²) in [5.74, 6) is -0.388. The van der Waals surface area contributed by atoms with Crippen LogP contribution in [0.5, 0.6) is 0 Å². The largest absolute Gasteiger partial charge is 0.351 e. The van der Waals surface area contributed by atoms with E-state index in [0.29, 0.717) is 6.54 Å². The van der Waals surface area contributed by atoms with Crippen LogP contribution in [-0.4, -0.2) is 55.0 Å². The third-order valence-electron chi connectivity index (χ3n) is 3.52. The zero-order valence-corrected chi connectivity index (χ0v) is 12.1. The van der Waals surface area contributed by atoms with Gasteiger partial charge < -0.3 is 10.6 Å². The van der Waals surface area contributed by atoms with Crippen LogP contribution >= 0.6 is 0 Å². The van der Waals surface area contributed by atoms with Crippen molar-refractivity contribution in [2.24, 2.45) is 0 Å². The molecule has 0 saturated carbocycles. The second-order valence-corrected chi connectivity index (χ2v) is 5.13. The van der Waals surface area contributed by atoms with E-state index in [-0.39, 0.29) is 17.2 Å². The first-order valence-electron chi connectivity index (χ1n) is 7.04. The quantitative estimate of drug-likeness (QED) is 0.611. The molecular formula is C14H20N4O3. The summed E-state index contributed by atoms with van der Waals surface area (Å²) in [6.07, 6.45) is 0. The zero-order chi connectivity index (χ0) is 15.2. The van der Waals surface area contributed by atoms with E-state index in [1.807, 2.05) is 0 Å². The molecule has 21 heavy (non-hydrogen) atoms. The molecular weight excluding hydrogens is 272 g/mol. The number of hydrogen-bond donors (Lipinski definition) is 2. The average Bonchev–Trinajstić information content (AvgIpc) is 2.47. The van der Waals surface area contributed by atoms with Crippen molar-refractivity contribution in [3.8, 4) is 0 Å². The number of nitro groups is 1. The predicted molar refractivity (Wildman–Crippen MR) is 79.5 cm³/mol. The fraction of sp³-hybridized carbons (Fsp3) is 0.500. The Morgan fingerprint density at radius 3 is 2.81 bits per heavy atom. The normalized spacial score (nSPS) is 15.7. The van der Waals surface area contributed by atoms with Crippen molar-refractivity contribution in [2.75, 3.05) is 39.3 Å². The van der Waals surface area contributed by atoms with Crippen LogP contribution in [0.4, 0.5) is 5.69 Å². The van der Waals surface area contributed by atoms with Crippen molar-refractivity contribution in [1.82, 2.24) is 15.5 Å². The molecule has 1 fully saturated rings. The number of rotatable bonds is 5. The Labute approximate surface area is 123 Å². The lowest BCUT2D eigenvalue weighted by atomic mass is 10.1. The highest BCUT2D eigenvalue weighted by Gasteiger charge is 2.20. The Morgan fingerprint density at radius 2 is 2.14 bits per heavy atom. The molecule has 1 aliphatic heterocycles. The van der Waals surface area contributed by atoms with Gasteiger partial charge in [-0.1, -0.05) is 6.07 Å². The van der Waals surface area contributed by atoms with E-state index in [0.717, 1.165) is 38.3 Å². The second kappa shape index (κ2) is 7.14. The van der Waals surface area contributed by atoms with Crippen molar-refractivity contribution in [1.29, 1.82) is 0 Å². The van der Waals surface area contributed by atoms with E-state index >= 15 is 0 Å². The minimum atomic E-state index is -0.523. The van der Waals surface area contributed by atoms with Gasteiger partial charge in [-0.05, 0) is 18.6 Å². The molecule has 1 aromatic rings. The van der Waals surface area contributed by atoms with E-state index < -0.39 is 4.92 Å². The lowest BCUT2D eigenvalue weighted by Crippen LogP contribution is -2.46. The lowest BCUT2D eigenvalue weighted by Gasteiger charge is -2.27. The number of benzene rings is 1. The van der Waals surface area contributed by atoms with Crippen molar-refractivity contribution in [3.05, 3.63) is 39.4 Å². The number of hydrogen-bond acceptors (Lipinski definition) is 5. The molecule has 7 heteroatoms. The monoisotopic (exact) mass is 292 g/mol. The summed E-state index contributed by atoms with van der Waals surface area (Å²) < 4.78 is 0. The molecule has 0 unspecified atom stereocenters. The summed E-state index contributed by atoms with van der Waals surface area (Å²) in [7, 11) is 0. The molecule has 1 heterocycles. The van der Waals surface area contributed by atoms with Crippen LogP contribution in [0.2, 0.25) is 0 Å². The van der Waals surface area contributed by atoms with Gasteiger partial charge >= 0.3 is 0 Å². The van der Waals surface area contributed by atoms with Crippen LogP contribution < -0.4 is 10.6 Å². The van der Waals surface area contributed by atoms with Gasteiger partial charge in [0.05, 0.1) is 4.92 Å². The van der Waals surface area contributed by atoms with Gasteiger partial charge in [0.25, 0.3) is 11.6 Å². The highest BCUT2D eigenvalue weighted by atomic mass is 16.6. The van der Waals surface area contributed by atoms with E-state index in [1.54, 1.807) is 19.1 Å². The Morgan fingerprint density at radius 1 is 1.43 bits per heavy atom. The summed E-state index contributed by atoms with van der Waals surface area (Å²) in [5.41, 5.74) is 0.799. The van der Waals surface area contributed by atoms with Gasteiger partial charge in [0.15, 0.2) is 0 Å². The van der Waals surface area contributed by atoms with E-state index in [9.17, 15) is 14.9 Å². The first-order valence-corrected chi connectivity index (χ1v) is 7.04. The Balaban J connectivity index is 1.93. The molecule has 0 atom stereocenters. The average molecular weight is 292 g/mol. The van der Waals surface area contributed by atoms with Gasteiger partial charge in [0, 0.05) is 45.3 Å². The molecule has 2 rings (SSSR count). The molecule has 7 nitrogen and oxygen atoms in total. The fourth-order valence-electron chi connectivity index (χ4n) is 2.35. The van der Waals surface area contributed by atoms with E-state index in [4.69, 9.17) is 0 Å². The maximum atomic E-state index is 12.1. The Kier molecular flexibility index (Phi) is 5.24. The smallest absolute Gasteiger partial charge is 0.282 e. The van der Waals surface area contributed by atoms with Crippen molar-refractivity contribution < 1.29 is 9.72 Å². The van der Waals surface area contributed by atoms with Crippen LogP contribution in [0.15, 0.2) is 18.2 Å². The van der Waals surface area contributed by atoms with E-state index in [1.165, 1.54) is 6.07 Å². The molecule has 0 spiro atoms. The molecule has 0 aromatic heterocycles. The third kappa shape index (κ3) is 4.24. The van der Waals surface area contributed by atoms with E-state index in [2.05, 4.69) is 15.5 Å². The second-order valence-electron chi connectivity index (χ2n) is 5.13. The summed E-state index contributed by atoms with van der Waals surface area (Å²) in [6, 6.07) is 4.56. The summed E-state index contributed by atoms with van der Waals surface area (Å²) in [6.45, 7) is 6.88. The molecule has 0 bridgehead atoms. The van der Waals surface area contributed by atoms with Crippen LogP contribution in [0, 0.1) is 17.0 Å². The zero-order valence-electron chi connectivity index (χ0n) is 12.1. The minimum absolute atomic E-state index is 0.125. The van der Waals surface area contributed by atoms with Gasteiger partial charge in [-0.2, -0.15) is 0 Å². The fourth-order valence-corrected chi connectivity index (χ4v) is 2.35. The predicted octanol–water partition coefficient (Wildman–Crippen LogP) is 0.538. The number of carbonyl (C=O) groups is 1. The maximum Gasteiger partial charge on any atom is 0.282 e. The van der Waals surface area contributed by atoms with Crippen molar-refractivity contribution in [2.45, 2.75) is 6.92 Å². The van der Waals surface area contributed by atoms with Crippen molar-refractivity contribution in [3.63, 3.8) is 0 Å². The number of piperazine rings is 1. The Bertz CT molecular complexity index is 527. The molecule has 114 valence electrons. The summed E-state index contributed by atoms with van der Waals surface area (Å²) >= 11 is 0. The first-order chi connectivity index (χ1) is 10.1. The topological polar surface area (TPSA) is 87.5 Å². The van der Waals surface area contributed by atoms with Crippen molar-refractivity contribution >= 4 is 11.6 Å². The number of nitrogens with one attached hydrogen (secondary N) is 2. The van der Waals surface area contributed by atoms with Gasteiger partial charge in [-0.25, -0.2) is 0 Å². The number of nitro benzene ring substituents is 1. The number of aryl methyl sites for hydroxylation is 1. The van der Waals surface area contributed by atoms with Crippen LogP contribution in [0.1, 0.15) is 15.9 Å². The molecule has 1 aliphatic rings.